The molecular weight excluding hydrogens is 226 g/mol. The summed E-state index contributed by atoms with van der Waals surface area (Å²) >= 11 is 0. The van der Waals surface area contributed by atoms with Crippen LogP contribution in [0, 0.1) is 5.92 Å². The van der Waals surface area contributed by atoms with Crippen LogP contribution >= 0.6 is 0 Å². The Morgan fingerprint density at radius 3 is 2.67 bits per heavy atom. The van der Waals surface area contributed by atoms with Gasteiger partial charge in [0.05, 0.1) is 5.69 Å². The third kappa shape index (κ3) is 5.08. The Kier molecular flexibility index (Phi) is 5.20. The van der Waals surface area contributed by atoms with Crippen molar-refractivity contribution in [2.24, 2.45) is 5.92 Å². The molecule has 0 spiro atoms. The predicted molar refractivity (Wildman–Crippen MR) is 75.8 cm³/mol. The highest BCUT2D eigenvalue weighted by atomic mass is 16.4. The first kappa shape index (κ1) is 15.0. The van der Waals surface area contributed by atoms with Crippen molar-refractivity contribution in [3.63, 3.8) is 0 Å². The summed E-state index contributed by atoms with van der Waals surface area (Å²) < 4.78 is 5.51. The van der Waals surface area contributed by atoms with Crippen LogP contribution in [0.15, 0.2) is 10.7 Å². The second-order valence-electron chi connectivity index (χ2n) is 6.12. The van der Waals surface area contributed by atoms with Gasteiger partial charge in [0, 0.05) is 25.7 Å². The molecule has 0 saturated heterocycles. The zero-order chi connectivity index (χ0) is 13.8. The minimum atomic E-state index is 0.0989. The van der Waals surface area contributed by atoms with E-state index in [-0.39, 0.29) is 5.54 Å². The number of hydrogen-bond donors (Lipinski definition) is 1. The summed E-state index contributed by atoms with van der Waals surface area (Å²) in [6.45, 7) is 12.6. The number of oxazole rings is 1. The van der Waals surface area contributed by atoms with Crippen LogP contribution in [0.2, 0.25) is 0 Å². The summed E-state index contributed by atoms with van der Waals surface area (Å²) in [6, 6.07) is 0.709. The maximum atomic E-state index is 5.51. The van der Waals surface area contributed by atoms with E-state index in [1.54, 1.807) is 6.26 Å². The Bertz CT molecular complexity index is 354. The molecule has 1 unspecified atom stereocenters. The Balaban J connectivity index is 2.52. The van der Waals surface area contributed by atoms with E-state index in [0.717, 1.165) is 18.8 Å². The molecule has 18 heavy (non-hydrogen) atoms. The molecule has 1 atom stereocenters. The lowest BCUT2D eigenvalue weighted by atomic mass is 10.1. The van der Waals surface area contributed by atoms with Crippen LogP contribution in [0.3, 0.4) is 0 Å². The molecular formula is C14H27N3O. The largest absolute Gasteiger partial charge is 0.432 e. The second kappa shape index (κ2) is 6.23. The van der Waals surface area contributed by atoms with Gasteiger partial charge in [-0.2, -0.15) is 4.98 Å². The maximum absolute atomic E-state index is 5.51. The predicted octanol–water partition coefficient (Wildman–Crippen LogP) is 3.05. The number of nitrogens with one attached hydrogen (secondary N) is 1. The summed E-state index contributed by atoms with van der Waals surface area (Å²) in [5.74, 6) is 0.651. The van der Waals surface area contributed by atoms with E-state index in [4.69, 9.17) is 4.42 Å². The zero-order valence-electron chi connectivity index (χ0n) is 12.6. The Hall–Kier alpha value is -1.03. The van der Waals surface area contributed by atoms with Crippen LogP contribution < -0.4 is 10.2 Å². The van der Waals surface area contributed by atoms with Crippen LogP contribution in [0.4, 0.5) is 6.01 Å². The summed E-state index contributed by atoms with van der Waals surface area (Å²) in [5, 5.41) is 3.40. The van der Waals surface area contributed by atoms with Crippen LogP contribution in [0.1, 0.15) is 46.7 Å². The van der Waals surface area contributed by atoms with Crippen LogP contribution in [-0.4, -0.2) is 24.1 Å². The van der Waals surface area contributed by atoms with E-state index in [1.165, 1.54) is 6.42 Å². The molecule has 0 aliphatic carbocycles. The fraction of sp³-hybridized carbons (Fsp3) is 0.786. The summed E-state index contributed by atoms with van der Waals surface area (Å²) in [5.41, 5.74) is 1.05. The van der Waals surface area contributed by atoms with Gasteiger partial charge in [0.15, 0.2) is 0 Å². The molecule has 0 saturated carbocycles. The van der Waals surface area contributed by atoms with Crippen LogP contribution in [0.5, 0.6) is 0 Å². The zero-order valence-corrected chi connectivity index (χ0v) is 12.6. The second-order valence-corrected chi connectivity index (χ2v) is 6.12. The lowest BCUT2D eigenvalue weighted by molar-refractivity contribution is 0.421. The van der Waals surface area contributed by atoms with Crippen molar-refractivity contribution in [3.05, 3.63) is 12.0 Å². The van der Waals surface area contributed by atoms with E-state index < -0.39 is 0 Å². The van der Waals surface area contributed by atoms with Crippen molar-refractivity contribution in [1.82, 2.24) is 10.3 Å². The molecule has 104 valence electrons. The van der Waals surface area contributed by atoms with Gasteiger partial charge >= 0.3 is 0 Å². The summed E-state index contributed by atoms with van der Waals surface area (Å²) in [4.78, 5) is 6.58. The third-order valence-corrected chi connectivity index (χ3v) is 2.95. The summed E-state index contributed by atoms with van der Waals surface area (Å²) in [7, 11) is 2.03. The van der Waals surface area contributed by atoms with Gasteiger partial charge in [0.1, 0.15) is 6.26 Å². The van der Waals surface area contributed by atoms with Gasteiger partial charge in [-0.15, -0.1) is 0 Å². The first-order chi connectivity index (χ1) is 8.31. The van der Waals surface area contributed by atoms with E-state index in [1.807, 2.05) is 7.05 Å². The highest BCUT2D eigenvalue weighted by molar-refractivity contribution is 5.25. The smallest absolute Gasteiger partial charge is 0.297 e. The van der Waals surface area contributed by atoms with Gasteiger partial charge in [0.25, 0.3) is 6.01 Å². The molecule has 0 bridgehead atoms. The number of nitrogens with zero attached hydrogens (tertiary/aromatic N) is 2. The normalized spacial score (nSPS) is 13.7. The minimum Gasteiger partial charge on any atom is -0.432 e. The highest BCUT2D eigenvalue weighted by Gasteiger charge is 2.13. The third-order valence-electron chi connectivity index (χ3n) is 2.95. The monoisotopic (exact) mass is 253 g/mol. The van der Waals surface area contributed by atoms with Gasteiger partial charge in [-0.3, -0.25) is 0 Å². The molecule has 0 aliphatic rings. The molecule has 0 radical (unpaired) electrons. The van der Waals surface area contributed by atoms with Crippen LogP contribution in [-0.2, 0) is 6.54 Å². The SMILES string of the molecule is CCC(C)CN(C)c1nc(CNC(C)(C)C)co1. The molecule has 0 aromatic carbocycles. The van der Waals surface area contributed by atoms with Crippen molar-refractivity contribution in [3.8, 4) is 0 Å². The molecule has 0 aliphatic heterocycles. The fourth-order valence-electron chi connectivity index (χ4n) is 1.58. The van der Waals surface area contributed by atoms with E-state index >= 15 is 0 Å². The first-order valence-corrected chi connectivity index (χ1v) is 6.72. The molecule has 1 rings (SSSR count). The van der Waals surface area contributed by atoms with Gasteiger partial charge in [-0.1, -0.05) is 20.3 Å². The number of rotatable bonds is 6. The molecule has 1 aromatic rings. The van der Waals surface area contributed by atoms with Crippen molar-refractivity contribution in [1.29, 1.82) is 0 Å². The molecule has 0 fully saturated rings. The molecule has 0 amide bonds. The molecule has 1 N–H and O–H groups in total. The van der Waals surface area contributed by atoms with E-state index in [2.05, 4.69) is 49.8 Å². The topological polar surface area (TPSA) is 41.3 Å². The lowest BCUT2D eigenvalue weighted by Gasteiger charge is -2.19. The molecule has 4 nitrogen and oxygen atoms in total. The van der Waals surface area contributed by atoms with Gasteiger partial charge in [-0.25, -0.2) is 0 Å². The minimum absolute atomic E-state index is 0.0989. The highest BCUT2D eigenvalue weighted by Crippen LogP contribution is 2.15. The Morgan fingerprint density at radius 2 is 2.11 bits per heavy atom. The van der Waals surface area contributed by atoms with Crippen molar-refractivity contribution in [2.45, 2.75) is 53.1 Å². The van der Waals surface area contributed by atoms with Crippen LogP contribution in [0.25, 0.3) is 0 Å². The van der Waals surface area contributed by atoms with E-state index in [9.17, 15) is 0 Å². The van der Waals surface area contributed by atoms with Gasteiger partial charge in [0.2, 0.25) is 0 Å². The van der Waals surface area contributed by atoms with Crippen molar-refractivity contribution in [2.75, 3.05) is 18.5 Å². The molecule has 4 heteroatoms. The Morgan fingerprint density at radius 1 is 1.44 bits per heavy atom. The van der Waals surface area contributed by atoms with E-state index in [0.29, 0.717) is 11.9 Å². The lowest BCUT2D eigenvalue weighted by Crippen LogP contribution is -2.35. The quantitative estimate of drug-likeness (QED) is 0.846. The summed E-state index contributed by atoms with van der Waals surface area (Å²) in [6.07, 6.45) is 2.91. The Labute approximate surface area is 111 Å². The fourth-order valence-corrected chi connectivity index (χ4v) is 1.58. The standard InChI is InChI=1S/C14H27N3O/c1-7-11(2)9-17(6)13-16-12(10-18-13)8-15-14(3,4)5/h10-11,15H,7-9H2,1-6H3. The number of anilines is 1. The van der Waals surface area contributed by atoms with Crippen molar-refractivity contribution >= 4 is 6.01 Å². The average Bonchev–Trinajstić information content (AvgIpc) is 2.74. The number of hydrogen-bond acceptors (Lipinski definition) is 4. The maximum Gasteiger partial charge on any atom is 0.297 e. The van der Waals surface area contributed by atoms with Gasteiger partial charge in [-0.05, 0) is 26.7 Å². The first-order valence-electron chi connectivity index (χ1n) is 6.72. The molecule has 1 aromatic heterocycles. The average molecular weight is 253 g/mol. The number of aromatic nitrogens is 1. The molecule has 1 heterocycles. The van der Waals surface area contributed by atoms with Crippen molar-refractivity contribution < 1.29 is 4.42 Å². The van der Waals surface area contributed by atoms with Gasteiger partial charge < -0.3 is 14.6 Å².